The number of nitrogens with one attached hydrogen (secondary N) is 1. The number of hydrogen-bond donors (Lipinski definition) is 3. The van der Waals surface area contributed by atoms with Gasteiger partial charge in [-0.3, -0.25) is 4.79 Å². The topological polar surface area (TPSA) is 126 Å². The lowest BCUT2D eigenvalue weighted by Gasteiger charge is -2.19. The third-order valence-corrected chi connectivity index (χ3v) is 3.59. The molecule has 0 radical (unpaired) electrons. The van der Waals surface area contributed by atoms with E-state index in [0.717, 1.165) is 11.3 Å². The molecule has 0 bridgehead atoms. The van der Waals surface area contributed by atoms with Crippen molar-refractivity contribution in [3.63, 3.8) is 0 Å². The molecule has 0 atom stereocenters. The normalized spacial score (nSPS) is 10.1. The molecule has 0 spiro atoms. The summed E-state index contributed by atoms with van der Waals surface area (Å²) in [6, 6.07) is -0.448. The van der Waals surface area contributed by atoms with Crippen LogP contribution in [0.5, 0.6) is 0 Å². The first kappa shape index (κ1) is 15.9. The number of nitrogens with two attached hydrogens (primary N) is 1. The Bertz CT molecular complexity index is 528. The molecule has 0 aliphatic rings. The third-order valence-electron chi connectivity index (χ3n) is 2.44. The maximum atomic E-state index is 11.8. The fourth-order valence-electron chi connectivity index (χ4n) is 1.50. The summed E-state index contributed by atoms with van der Waals surface area (Å²) in [6.45, 7) is 3.59. The zero-order valence-corrected chi connectivity index (χ0v) is 12.0. The van der Waals surface area contributed by atoms with Gasteiger partial charge in [0.25, 0.3) is 0 Å². The van der Waals surface area contributed by atoms with Gasteiger partial charge in [-0.05, 0) is 13.8 Å². The van der Waals surface area contributed by atoms with Gasteiger partial charge in [0.1, 0.15) is 16.4 Å². The van der Waals surface area contributed by atoms with Crippen molar-refractivity contribution in [3.05, 3.63) is 15.6 Å². The Morgan fingerprint density at radius 2 is 2.10 bits per heavy atom. The van der Waals surface area contributed by atoms with E-state index in [2.05, 4.69) is 10.3 Å². The predicted octanol–water partition coefficient (Wildman–Crippen LogP) is 0.167. The number of carboxylic acid groups (broad SMARTS) is 1. The molecule has 0 saturated carbocycles. The fraction of sp³-hybridized carbons (Fsp3) is 0.455. The molecule has 1 aromatic heterocycles. The lowest BCUT2D eigenvalue weighted by Crippen LogP contribution is -2.43. The number of rotatable bonds is 6. The molecule has 0 fully saturated rings. The van der Waals surface area contributed by atoms with Crippen LogP contribution in [0.4, 0.5) is 4.79 Å². The van der Waals surface area contributed by atoms with Crippen molar-refractivity contribution >= 4 is 29.2 Å². The molecule has 20 heavy (non-hydrogen) atoms. The van der Waals surface area contributed by atoms with Gasteiger partial charge in [0.15, 0.2) is 0 Å². The lowest BCUT2D eigenvalue weighted by atomic mass is 10.4. The number of aromatic nitrogens is 1. The quantitative estimate of drug-likeness (QED) is 0.690. The van der Waals surface area contributed by atoms with Crippen molar-refractivity contribution in [1.29, 1.82) is 0 Å². The number of likely N-dealkylation sites (N-methyl/N-ethyl adjacent to an activating group) is 1. The Hall–Kier alpha value is -2.16. The average molecular weight is 300 g/mol. The fourth-order valence-corrected chi connectivity index (χ4v) is 2.35. The Morgan fingerprint density at radius 1 is 1.45 bits per heavy atom. The predicted molar refractivity (Wildman–Crippen MR) is 72.5 cm³/mol. The maximum Gasteiger partial charge on any atom is 0.347 e. The Labute approximate surface area is 119 Å². The van der Waals surface area contributed by atoms with Crippen LogP contribution >= 0.6 is 11.3 Å². The van der Waals surface area contributed by atoms with E-state index in [1.165, 1.54) is 4.90 Å². The minimum Gasteiger partial charge on any atom is -0.477 e. The SMILES string of the molecule is CCN(CC(N)=O)C(=O)NCc1nc(C)c(C(=O)O)s1. The molecule has 1 aromatic rings. The van der Waals surface area contributed by atoms with Gasteiger partial charge < -0.3 is 21.1 Å². The van der Waals surface area contributed by atoms with Crippen LogP contribution < -0.4 is 11.1 Å². The number of thiazole rings is 1. The zero-order chi connectivity index (χ0) is 15.3. The summed E-state index contributed by atoms with van der Waals surface area (Å²) in [5.41, 5.74) is 5.45. The highest BCUT2D eigenvalue weighted by Gasteiger charge is 2.16. The second-order valence-electron chi connectivity index (χ2n) is 3.97. The van der Waals surface area contributed by atoms with Crippen LogP contribution in [0.2, 0.25) is 0 Å². The second-order valence-corrected chi connectivity index (χ2v) is 5.05. The van der Waals surface area contributed by atoms with E-state index in [-0.39, 0.29) is 18.0 Å². The summed E-state index contributed by atoms with van der Waals surface area (Å²) in [6.07, 6.45) is 0. The van der Waals surface area contributed by atoms with Gasteiger partial charge >= 0.3 is 12.0 Å². The number of aryl methyl sites for hydroxylation is 1. The Morgan fingerprint density at radius 3 is 2.55 bits per heavy atom. The zero-order valence-electron chi connectivity index (χ0n) is 11.2. The van der Waals surface area contributed by atoms with Gasteiger partial charge in [-0.2, -0.15) is 0 Å². The van der Waals surface area contributed by atoms with Crippen molar-refractivity contribution < 1.29 is 19.5 Å². The molecule has 1 rings (SSSR count). The first-order valence-corrected chi connectivity index (χ1v) is 6.67. The molecule has 3 amide bonds. The molecular weight excluding hydrogens is 284 g/mol. The number of urea groups is 1. The Balaban J connectivity index is 2.62. The number of nitrogens with zero attached hydrogens (tertiary/aromatic N) is 2. The smallest absolute Gasteiger partial charge is 0.347 e. The van der Waals surface area contributed by atoms with Crippen LogP contribution in [0.25, 0.3) is 0 Å². The van der Waals surface area contributed by atoms with Crippen molar-refractivity contribution in [1.82, 2.24) is 15.2 Å². The van der Waals surface area contributed by atoms with Crippen LogP contribution in [0.3, 0.4) is 0 Å². The minimum atomic E-state index is -1.04. The first-order chi connectivity index (χ1) is 9.35. The van der Waals surface area contributed by atoms with Crippen LogP contribution in [0.15, 0.2) is 0 Å². The average Bonchev–Trinajstić information content (AvgIpc) is 2.74. The van der Waals surface area contributed by atoms with Crippen molar-refractivity contribution in [2.75, 3.05) is 13.1 Å². The lowest BCUT2D eigenvalue weighted by molar-refractivity contribution is -0.118. The highest BCUT2D eigenvalue weighted by Crippen LogP contribution is 2.17. The molecule has 4 N–H and O–H groups in total. The van der Waals surface area contributed by atoms with Gasteiger partial charge in [-0.15, -0.1) is 11.3 Å². The molecule has 9 heteroatoms. The monoisotopic (exact) mass is 300 g/mol. The van der Waals surface area contributed by atoms with Gasteiger partial charge in [0.2, 0.25) is 5.91 Å². The summed E-state index contributed by atoms with van der Waals surface area (Å²) in [5, 5.41) is 12.0. The highest BCUT2D eigenvalue weighted by atomic mass is 32.1. The van der Waals surface area contributed by atoms with Crippen LogP contribution in [0.1, 0.15) is 27.3 Å². The first-order valence-electron chi connectivity index (χ1n) is 5.85. The summed E-state index contributed by atoms with van der Waals surface area (Å²) in [7, 11) is 0. The molecule has 110 valence electrons. The van der Waals surface area contributed by atoms with E-state index in [9.17, 15) is 14.4 Å². The second kappa shape index (κ2) is 6.85. The highest BCUT2D eigenvalue weighted by molar-refractivity contribution is 7.13. The maximum absolute atomic E-state index is 11.8. The van der Waals surface area contributed by atoms with E-state index in [1.807, 2.05) is 0 Å². The summed E-state index contributed by atoms with van der Waals surface area (Å²) < 4.78 is 0. The van der Waals surface area contributed by atoms with Crippen LogP contribution in [-0.2, 0) is 11.3 Å². The minimum absolute atomic E-state index is 0.104. The number of carbonyl (C=O) groups excluding carboxylic acids is 2. The van der Waals surface area contributed by atoms with Crippen molar-refractivity contribution in [2.45, 2.75) is 20.4 Å². The molecule has 0 unspecified atom stereocenters. The molecule has 8 nitrogen and oxygen atoms in total. The van der Waals surface area contributed by atoms with Crippen LogP contribution in [0, 0.1) is 6.92 Å². The molecule has 0 aliphatic heterocycles. The molecule has 0 saturated heterocycles. The van der Waals surface area contributed by atoms with Crippen LogP contribution in [-0.4, -0.2) is 46.0 Å². The van der Waals surface area contributed by atoms with Gasteiger partial charge in [0, 0.05) is 6.54 Å². The number of amides is 3. The van der Waals surface area contributed by atoms with E-state index >= 15 is 0 Å². The van der Waals surface area contributed by atoms with Crippen molar-refractivity contribution in [2.24, 2.45) is 5.73 Å². The molecule has 0 aliphatic carbocycles. The standard InChI is InChI=1S/C11H16N4O4S/c1-3-15(5-7(12)16)11(19)13-4-8-14-6(2)9(20-8)10(17)18/h3-5H2,1-2H3,(H2,12,16)(H,13,19)(H,17,18). The number of carboxylic acids is 1. The molecular formula is C11H16N4O4S. The van der Waals surface area contributed by atoms with E-state index in [4.69, 9.17) is 10.8 Å². The largest absolute Gasteiger partial charge is 0.477 e. The summed E-state index contributed by atoms with van der Waals surface area (Å²) in [5.74, 6) is -1.64. The van der Waals surface area contributed by atoms with E-state index < -0.39 is 17.9 Å². The number of aromatic carboxylic acids is 1. The van der Waals surface area contributed by atoms with Gasteiger partial charge in [-0.25, -0.2) is 14.6 Å². The third kappa shape index (κ3) is 4.19. The number of primary amides is 1. The van der Waals surface area contributed by atoms with E-state index in [1.54, 1.807) is 13.8 Å². The molecule has 1 heterocycles. The van der Waals surface area contributed by atoms with Crippen molar-refractivity contribution in [3.8, 4) is 0 Å². The number of carbonyl (C=O) groups is 3. The summed E-state index contributed by atoms with van der Waals surface area (Å²) in [4.78, 5) is 38.9. The van der Waals surface area contributed by atoms with Gasteiger partial charge in [-0.1, -0.05) is 0 Å². The van der Waals surface area contributed by atoms with E-state index in [0.29, 0.717) is 17.2 Å². The number of hydrogen-bond acceptors (Lipinski definition) is 5. The van der Waals surface area contributed by atoms with Gasteiger partial charge in [0.05, 0.1) is 12.2 Å². The summed E-state index contributed by atoms with van der Waals surface area (Å²) >= 11 is 1.01. The Kier molecular flexibility index (Phi) is 5.44. The molecule has 0 aromatic carbocycles.